The Morgan fingerprint density at radius 2 is 1.74 bits per heavy atom. The summed E-state index contributed by atoms with van der Waals surface area (Å²) in [7, 11) is -3.52. The molecule has 2 aromatic rings. The average molecular weight is 392 g/mol. The van der Waals surface area contributed by atoms with Gasteiger partial charge in [0.25, 0.3) is 0 Å². The van der Waals surface area contributed by atoms with Gasteiger partial charge in [-0.05, 0) is 42.7 Å². The lowest BCUT2D eigenvalue weighted by Crippen LogP contribution is -2.33. The van der Waals surface area contributed by atoms with Crippen LogP contribution in [0, 0.1) is 5.82 Å². The van der Waals surface area contributed by atoms with E-state index in [1.807, 2.05) is 37.3 Å². The minimum atomic E-state index is -3.52. The molecular formula is C20H25FN2O3S. The summed E-state index contributed by atoms with van der Waals surface area (Å²) in [4.78, 5) is 12.3. The second-order valence-electron chi connectivity index (χ2n) is 6.35. The van der Waals surface area contributed by atoms with Gasteiger partial charge in [-0.25, -0.2) is 12.8 Å². The third-order valence-corrected chi connectivity index (χ3v) is 5.42. The molecule has 0 spiro atoms. The molecule has 0 saturated heterocycles. The van der Waals surface area contributed by atoms with E-state index in [1.165, 1.54) is 28.6 Å². The number of hydrogen-bond acceptors (Lipinski definition) is 3. The molecule has 146 valence electrons. The Kier molecular flexibility index (Phi) is 7.36. The highest BCUT2D eigenvalue weighted by Gasteiger charge is 2.18. The van der Waals surface area contributed by atoms with Gasteiger partial charge in [0.1, 0.15) is 5.82 Å². The van der Waals surface area contributed by atoms with Crippen LogP contribution in [0.2, 0.25) is 0 Å². The number of rotatable bonds is 9. The number of carbonyl (C=O) groups is 1. The molecule has 0 heterocycles. The number of nitrogens with one attached hydrogen (secondary N) is 1. The summed E-state index contributed by atoms with van der Waals surface area (Å²) in [6.45, 7) is 2.15. The molecule has 2 rings (SSSR count). The largest absolute Gasteiger partial charge is 0.349 e. The zero-order chi connectivity index (χ0) is 19.9. The molecule has 7 heteroatoms. The van der Waals surface area contributed by atoms with Crippen molar-refractivity contribution < 1.29 is 17.6 Å². The number of benzene rings is 2. The maximum absolute atomic E-state index is 13.1. The molecule has 0 aliphatic carbocycles. The van der Waals surface area contributed by atoms with E-state index in [1.54, 1.807) is 0 Å². The summed E-state index contributed by atoms with van der Waals surface area (Å²) < 4.78 is 38.3. The van der Waals surface area contributed by atoms with Crippen LogP contribution >= 0.6 is 0 Å². The normalized spacial score (nSPS) is 12.4. The van der Waals surface area contributed by atoms with Gasteiger partial charge in [-0.15, -0.1) is 0 Å². The Morgan fingerprint density at radius 1 is 1.11 bits per heavy atom. The predicted molar refractivity (Wildman–Crippen MR) is 105 cm³/mol. The third kappa shape index (κ3) is 6.36. The van der Waals surface area contributed by atoms with E-state index < -0.39 is 15.8 Å². The molecule has 0 aromatic heterocycles. The van der Waals surface area contributed by atoms with E-state index in [0.29, 0.717) is 12.1 Å². The van der Waals surface area contributed by atoms with E-state index in [-0.39, 0.29) is 24.9 Å². The van der Waals surface area contributed by atoms with E-state index >= 15 is 0 Å². The zero-order valence-electron chi connectivity index (χ0n) is 15.6. The second-order valence-corrected chi connectivity index (χ2v) is 8.26. The lowest BCUT2D eigenvalue weighted by atomic mass is 10.0. The Morgan fingerprint density at radius 3 is 2.30 bits per heavy atom. The fraction of sp³-hybridized carbons (Fsp3) is 0.350. The second kappa shape index (κ2) is 9.50. The number of anilines is 1. The van der Waals surface area contributed by atoms with E-state index in [9.17, 15) is 17.6 Å². The Balaban J connectivity index is 1.94. The summed E-state index contributed by atoms with van der Waals surface area (Å²) >= 11 is 0. The maximum atomic E-state index is 13.1. The van der Waals surface area contributed by atoms with E-state index in [4.69, 9.17) is 0 Å². The van der Waals surface area contributed by atoms with E-state index in [0.717, 1.165) is 18.2 Å². The third-order valence-electron chi connectivity index (χ3n) is 4.23. The van der Waals surface area contributed by atoms with Crippen LogP contribution in [-0.2, 0) is 14.8 Å². The van der Waals surface area contributed by atoms with Crippen molar-refractivity contribution in [2.75, 3.05) is 17.1 Å². The van der Waals surface area contributed by atoms with E-state index in [2.05, 4.69) is 5.32 Å². The van der Waals surface area contributed by atoms with Gasteiger partial charge in [-0.1, -0.05) is 37.3 Å². The highest BCUT2D eigenvalue weighted by atomic mass is 32.2. The van der Waals surface area contributed by atoms with Crippen LogP contribution in [0.1, 0.15) is 37.8 Å². The molecular weight excluding hydrogens is 367 g/mol. The van der Waals surface area contributed by atoms with Crippen LogP contribution in [0.25, 0.3) is 0 Å². The number of nitrogens with zero attached hydrogens (tertiary/aromatic N) is 1. The SMILES string of the molecule is CC[C@@H](NC(=O)CCCN(c1ccc(F)cc1)S(C)(=O)=O)c1ccccc1. The fourth-order valence-corrected chi connectivity index (χ4v) is 3.82. The molecule has 1 atom stereocenters. The summed E-state index contributed by atoms with van der Waals surface area (Å²) in [5.74, 6) is -0.559. The Hall–Kier alpha value is -2.41. The molecule has 0 bridgehead atoms. The van der Waals surface area contributed by atoms with Crippen molar-refractivity contribution in [3.63, 3.8) is 0 Å². The summed E-state index contributed by atoms with van der Waals surface area (Å²) in [6, 6.07) is 14.9. The first-order chi connectivity index (χ1) is 12.8. The molecule has 1 N–H and O–H groups in total. The van der Waals surface area contributed by atoms with Gasteiger partial charge in [0.05, 0.1) is 18.0 Å². The number of amides is 1. The molecule has 0 unspecified atom stereocenters. The van der Waals surface area contributed by atoms with Crippen molar-refractivity contribution in [3.8, 4) is 0 Å². The lowest BCUT2D eigenvalue weighted by molar-refractivity contribution is -0.121. The average Bonchev–Trinajstić information content (AvgIpc) is 2.64. The Labute approximate surface area is 160 Å². The van der Waals surface area contributed by atoms with Gasteiger partial charge >= 0.3 is 0 Å². The van der Waals surface area contributed by atoms with Crippen LogP contribution in [0.3, 0.4) is 0 Å². The molecule has 1 amide bonds. The number of sulfonamides is 1. The van der Waals surface area contributed by atoms with Gasteiger partial charge in [-0.2, -0.15) is 0 Å². The van der Waals surface area contributed by atoms with Crippen LogP contribution < -0.4 is 9.62 Å². The maximum Gasteiger partial charge on any atom is 0.232 e. The smallest absolute Gasteiger partial charge is 0.232 e. The van der Waals surface area contributed by atoms with Gasteiger partial charge in [-0.3, -0.25) is 9.10 Å². The number of carbonyl (C=O) groups excluding carboxylic acids is 1. The monoisotopic (exact) mass is 392 g/mol. The molecule has 0 fully saturated rings. The van der Waals surface area contributed by atoms with Crippen molar-refractivity contribution in [2.24, 2.45) is 0 Å². The minimum Gasteiger partial charge on any atom is -0.349 e. The molecule has 0 saturated carbocycles. The first-order valence-electron chi connectivity index (χ1n) is 8.89. The van der Waals surface area contributed by atoms with Gasteiger partial charge in [0.15, 0.2) is 0 Å². The summed E-state index contributed by atoms with van der Waals surface area (Å²) in [6.07, 6.45) is 2.43. The van der Waals surface area contributed by atoms with Gasteiger partial charge in [0.2, 0.25) is 15.9 Å². The van der Waals surface area contributed by atoms with Crippen LogP contribution in [0.4, 0.5) is 10.1 Å². The molecule has 5 nitrogen and oxygen atoms in total. The van der Waals surface area contributed by atoms with Crippen LogP contribution in [0.15, 0.2) is 54.6 Å². The molecule has 0 radical (unpaired) electrons. The predicted octanol–water partition coefficient (Wildman–Crippen LogP) is 3.64. The Bertz CT molecular complexity index is 839. The zero-order valence-corrected chi connectivity index (χ0v) is 16.4. The highest BCUT2D eigenvalue weighted by molar-refractivity contribution is 7.92. The molecule has 0 aliphatic heterocycles. The minimum absolute atomic E-state index is 0.0678. The first-order valence-corrected chi connectivity index (χ1v) is 10.7. The van der Waals surface area contributed by atoms with Crippen molar-refractivity contribution in [1.29, 1.82) is 0 Å². The van der Waals surface area contributed by atoms with Crippen molar-refractivity contribution in [3.05, 3.63) is 66.0 Å². The van der Waals surface area contributed by atoms with Crippen molar-refractivity contribution >= 4 is 21.6 Å². The molecule has 2 aromatic carbocycles. The van der Waals surface area contributed by atoms with Crippen molar-refractivity contribution in [1.82, 2.24) is 5.32 Å². The number of hydrogen-bond donors (Lipinski definition) is 1. The summed E-state index contributed by atoms with van der Waals surface area (Å²) in [5, 5.41) is 2.99. The standard InChI is InChI=1S/C20H25FN2O3S/c1-3-19(16-8-5-4-6-9-16)22-20(24)10-7-15-23(27(2,25)26)18-13-11-17(21)12-14-18/h4-6,8-9,11-14,19H,3,7,10,15H2,1-2H3,(H,22,24)/t19-/m1/s1. The molecule has 27 heavy (non-hydrogen) atoms. The first kappa shape index (κ1) is 20.9. The quantitative estimate of drug-likeness (QED) is 0.708. The highest BCUT2D eigenvalue weighted by Crippen LogP contribution is 2.19. The topological polar surface area (TPSA) is 66.5 Å². The van der Waals surface area contributed by atoms with Crippen molar-refractivity contribution in [2.45, 2.75) is 32.2 Å². The molecule has 0 aliphatic rings. The fourth-order valence-electron chi connectivity index (χ4n) is 2.85. The van der Waals surface area contributed by atoms with Crippen LogP contribution in [0.5, 0.6) is 0 Å². The van der Waals surface area contributed by atoms with Gasteiger partial charge in [0, 0.05) is 13.0 Å². The van der Waals surface area contributed by atoms with Gasteiger partial charge < -0.3 is 5.32 Å². The number of halogens is 1. The van der Waals surface area contributed by atoms with Crippen LogP contribution in [-0.4, -0.2) is 27.1 Å². The summed E-state index contributed by atoms with van der Waals surface area (Å²) in [5.41, 5.74) is 1.42. The lowest BCUT2D eigenvalue weighted by Gasteiger charge is -2.23.